The molecule has 136 valence electrons. The van der Waals surface area contributed by atoms with Crippen LogP contribution in [-0.2, 0) is 16.7 Å². The minimum absolute atomic E-state index is 0. The van der Waals surface area contributed by atoms with Crippen molar-refractivity contribution in [2.75, 3.05) is 13.2 Å². The van der Waals surface area contributed by atoms with Crippen LogP contribution >= 0.6 is 12.4 Å². The SMILES string of the molecule is Cl.NCc1ccc(-c2noc(C3(c4ccccc4)CCOCC3)n2)cc1. The van der Waals surface area contributed by atoms with Crippen LogP contribution < -0.4 is 5.73 Å². The lowest BCUT2D eigenvalue weighted by molar-refractivity contribution is 0.0523. The molecule has 1 aliphatic heterocycles. The number of nitrogens with two attached hydrogens (primary N) is 1. The first-order chi connectivity index (χ1) is 12.3. The minimum Gasteiger partial charge on any atom is -0.381 e. The van der Waals surface area contributed by atoms with E-state index in [9.17, 15) is 0 Å². The predicted octanol–water partition coefficient (Wildman–Crippen LogP) is 3.71. The molecule has 0 bridgehead atoms. The molecule has 1 aliphatic rings. The molecule has 2 aromatic carbocycles. The van der Waals surface area contributed by atoms with Gasteiger partial charge in [-0.15, -0.1) is 12.4 Å². The number of hydrogen-bond acceptors (Lipinski definition) is 5. The Kier molecular flexibility index (Phi) is 5.71. The molecule has 0 unspecified atom stereocenters. The van der Waals surface area contributed by atoms with Gasteiger partial charge in [0.2, 0.25) is 11.7 Å². The van der Waals surface area contributed by atoms with Gasteiger partial charge in [-0.25, -0.2) is 0 Å². The molecule has 1 aromatic heterocycles. The third kappa shape index (κ3) is 3.38. The lowest BCUT2D eigenvalue weighted by Crippen LogP contribution is -2.35. The summed E-state index contributed by atoms with van der Waals surface area (Å²) in [5, 5.41) is 4.23. The zero-order chi connectivity index (χ0) is 17.1. The van der Waals surface area contributed by atoms with E-state index < -0.39 is 0 Å². The summed E-state index contributed by atoms with van der Waals surface area (Å²) in [6.07, 6.45) is 1.68. The molecule has 0 amide bonds. The smallest absolute Gasteiger partial charge is 0.237 e. The molecule has 5 nitrogen and oxygen atoms in total. The number of halogens is 1. The summed E-state index contributed by atoms with van der Waals surface area (Å²) >= 11 is 0. The predicted molar refractivity (Wildman–Crippen MR) is 102 cm³/mol. The van der Waals surface area contributed by atoms with Gasteiger partial charge in [0.05, 0.1) is 5.41 Å². The van der Waals surface area contributed by atoms with Gasteiger partial charge in [-0.3, -0.25) is 0 Å². The van der Waals surface area contributed by atoms with Crippen molar-refractivity contribution in [2.45, 2.75) is 24.8 Å². The summed E-state index contributed by atoms with van der Waals surface area (Å²) in [6, 6.07) is 18.3. The molecule has 2 N–H and O–H groups in total. The van der Waals surface area contributed by atoms with Gasteiger partial charge < -0.3 is 15.0 Å². The Hall–Kier alpha value is -2.21. The third-order valence-corrected chi connectivity index (χ3v) is 4.96. The van der Waals surface area contributed by atoms with E-state index in [0.717, 1.165) is 24.0 Å². The number of aromatic nitrogens is 2. The zero-order valence-corrected chi connectivity index (χ0v) is 15.2. The monoisotopic (exact) mass is 371 g/mol. The van der Waals surface area contributed by atoms with Gasteiger partial charge in [0.25, 0.3) is 0 Å². The molecule has 1 saturated heterocycles. The molecule has 4 rings (SSSR count). The van der Waals surface area contributed by atoms with E-state index >= 15 is 0 Å². The van der Waals surface area contributed by atoms with E-state index in [1.54, 1.807) is 0 Å². The molecule has 6 heteroatoms. The van der Waals surface area contributed by atoms with Gasteiger partial charge >= 0.3 is 0 Å². The van der Waals surface area contributed by atoms with E-state index in [4.69, 9.17) is 20.0 Å². The van der Waals surface area contributed by atoms with Crippen LogP contribution in [0.5, 0.6) is 0 Å². The molecule has 0 spiro atoms. The molecular formula is C20H22ClN3O2. The Balaban J connectivity index is 0.00000196. The third-order valence-electron chi connectivity index (χ3n) is 4.96. The topological polar surface area (TPSA) is 74.2 Å². The number of benzene rings is 2. The molecule has 0 atom stereocenters. The average Bonchev–Trinajstić information content (AvgIpc) is 3.20. The van der Waals surface area contributed by atoms with E-state index in [2.05, 4.69) is 29.4 Å². The Morgan fingerprint density at radius 2 is 1.65 bits per heavy atom. The lowest BCUT2D eigenvalue weighted by Gasteiger charge is -2.34. The number of rotatable bonds is 4. The minimum atomic E-state index is -0.276. The fraction of sp³-hybridized carbons (Fsp3) is 0.300. The number of nitrogens with zero attached hydrogens (tertiary/aromatic N) is 2. The van der Waals surface area contributed by atoms with Gasteiger partial charge in [-0.05, 0) is 24.0 Å². The summed E-state index contributed by atoms with van der Waals surface area (Å²) in [7, 11) is 0. The lowest BCUT2D eigenvalue weighted by atomic mass is 9.74. The summed E-state index contributed by atoms with van der Waals surface area (Å²) in [5.74, 6) is 1.28. The first kappa shape index (κ1) is 18.6. The number of hydrogen-bond donors (Lipinski definition) is 1. The van der Waals surface area contributed by atoms with Crippen molar-refractivity contribution in [1.29, 1.82) is 0 Å². The summed E-state index contributed by atoms with van der Waals surface area (Å²) in [5.41, 5.74) is 8.60. The van der Waals surface area contributed by atoms with Crippen molar-refractivity contribution in [3.05, 3.63) is 71.6 Å². The summed E-state index contributed by atoms with van der Waals surface area (Å²) in [4.78, 5) is 4.74. The highest BCUT2D eigenvalue weighted by atomic mass is 35.5. The average molecular weight is 372 g/mol. The maximum absolute atomic E-state index is 5.73. The van der Waals surface area contributed by atoms with E-state index in [0.29, 0.717) is 31.5 Å². The van der Waals surface area contributed by atoms with E-state index in [1.165, 1.54) is 5.56 Å². The quantitative estimate of drug-likeness (QED) is 0.756. The second-order valence-corrected chi connectivity index (χ2v) is 6.38. The Morgan fingerprint density at radius 3 is 2.31 bits per heavy atom. The summed E-state index contributed by atoms with van der Waals surface area (Å²) < 4.78 is 11.3. The van der Waals surface area contributed by atoms with E-state index in [-0.39, 0.29) is 17.8 Å². The Bertz CT molecular complexity index is 828. The van der Waals surface area contributed by atoms with Crippen LogP contribution in [0.3, 0.4) is 0 Å². The standard InChI is InChI=1S/C20H21N3O2.ClH/c21-14-15-6-8-16(9-7-15)18-22-19(25-23-18)20(10-12-24-13-11-20)17-4-2-1-3-5-17;/h1-9H,10-14,21H2;1H. The van der Waals surface area contributed by atoms with E-state index in [1.807, 2.05) is 30.3 Å². The second-order valence-electron chi connectivity index (χ2n) is 6.38. The van der Waals surface area contributed by atoms with Crippen LogP contribution in [-0.4, -0.2) is 23.4 Å². The Morgan fingerprint density at radius 1 is 0.962 bits per heavy atom. The normalized spacial score (nSPS) is 16.0. The van der Waals surface area contributed by atoms with Crippen molar-refractivity contribution >= 4 is 12.4 Å². The maximum atomic E-state index is 5.73. The molecule has 0 radical (unpaired) electrons. The first-order valence-electron chi connectivity index (χ1n) is 8.59. The first-order valence-corrected chi connectivity index (χ1v) is 8.59. The molecule has 1 fully saturated rings. The molecule has 26 heavy (non-hydrogen) atoms. The van der Waals surface area contributed by atoms with Gasteiger partial charge in [-0.2, -0.15) is 4.98 Å². The highest BCUT2D eigenvalue weighted by molar-refractivity contribution is 5.85. The molecular weight excluding hydrogens is 350 g/mol. The fourth-order valence-electron chi connectivity index (χ4n) is 3.43. The van der Waals surface area contributed by atoms with Crippen molar-refractivity contribution < 1.29 is 9.26 Å². The largest absolute Gasteiger partial charge is 0.381 e. The zero-order valence-electron chi connectivity index (χ0n) is 14.4. The van der Waals surface area contributed by atoms with Crippen molar-refractivity contribution in [2.24, 2.45) is 5.73 Å². The van der Waals surface area contributed by atoms with Crippen LogP contribution in [0.4, 0.5) is 0 Å². The van der Waals surface area contributed by atoms with Gasteiger partial charge in [0.15, 0.2) is 0 Å². The highest BCUT2D eigenvalue weighted by Gasteiger charge is 2.41. The molecule has 0 saturated carbocycles. The molecule has 3 aromatic rings. The van der Waals surface area contributed by atoms with Crippen molar-refractivity contribution in [3.63, 3.8) is 0 Å². The Labute approximate surface area is 159 Å². The van der Waals surface area contributed by atoms with Crippen LogP contribution in [0.25, 0.3) is 11.4 Å². The van der Waals surface area contributed by atoms with Gasteiger partial charge in [-0.1, -0.05) is 59.8 Å². The van der Waals surface area contributed by atoms with Gasteiger partial charge in [0.1, 0.15) is 0 Å². The molecule has 0 aliphatic carbocycles. The fourth-order valence-corrected chi connectivity index (χ4v) is 3.43. The second kappa shape index (κ2) is 7.99. The maximum Gasteiger partial charge on any atom is 0.237 e. The highest BCUT2D eigenvalue weighted by Crippen LogP contribution is 2.40. The van der Waals surface area contributed by atoms with Crippen molar-refractivity contribution in [1.82, 2.24) is 10.1 Å². The van der Waals surface area contributed by atoms with Crippen molar-refractivity contribution in [3.8, 4) is 11.4 Å². The van der Waals surface area contributed by atoms with Gasteiger partial charge in [0, 0.05) is 25.3 Å². The molecule has 2 heterocycles. The number of ether oxygens (including phenoxy) is 1. The van der Waals surface area contributed by atoms with Crippen LogP contribution in [0.1, 0.15) is 29.9 Å². The van der Waals surface area contributed by atoms with Crippen LogP contribution in [0.15, 0.2) is 59.1 Å². The summed E-state index contributed by atoms with van der Waals surface area (Å²) in [6.45, 7) is 1.91. The van der Waals surface area contributed by atoms with Crippen LogP contribution in [0, 0.1) is 0 Å². The van der Waals surface area contributed by atoms with Crippen LogP contribution in [0.2, 0.25) is 0 Å².